The number of hydrogen-bond acceptors (Lipinski definition) is 6. The second-order valence-electron chi connectivity index (χ2n) is 7.89. The maximum Gasteiger partial charge on any atom is 0.331 e. The van der Waals surface area contributed by atoms with Crippen molar-refractivity contribution in [2.45, 2.75) is 44.2 Å². The molecule has 1 aromatic heterocycles. The van der Waals surface area contributed by atoms with Gasteiger partial charge in [-0.3, -0.25) is 9.88 Å². The number of carbonyl (C=O) groups is 1. The highest BCUT2D eigenvalue weighted by molar-refractivity contribution is 6.29. The highest BCUT2D eigenvalue weighted by atomic mass is 35.5. The summed E-state index contributed by atoms with van der Waals surface area (Å²) in [5.41, 5.74) is 2.81. The van der Waals surface area contributed by atoms with Gasteiger partial charge in [0.2, 0.25) is 0 Å². The molecular weight excluding hydrogens is 421 g/mol. The SMILES string of the molecule is O=C(O)C1C2=C(C=C(Cl)CC2)NC=C2N1C=NN2C1CC=C(c2ncccc2F)CC1. The van der Waals surface area contributed by atoms with Gasteiger partial charge in [-0.2, -0.15) is 5.10 Å². The molecule has 1 aromatic rings. The molecule has 31 heavy (non-hydrogen) atoms. The van der Waals surface area contributed by atoms with Gasteiger partial charge >= 0.3 is 5.97 Å². The average molecular weight is 442 g/mol. The second kappa shape index (κ2) is 7.85. The molecule has 0 saturated carbocycles. The van der Waals surface area contributed by atoms with Crippen molar-refractivity contribution < 1.29 is 14.3 Å². The number of aromatic nitrogens is 1. The van der Waals surface area contributed by atoms with E-state index in [9.17, 15) is 14.3 Å². The lowest BCUT2D eigenvalue weighted by Crippen LogP contribution is -2.42. The van der Waals surface area contributed by atoms with Crippen LogP contribution in [0.5, 0.6) is 0 Å². The molecule has 4 aliphatic rings. The Labute approximate surface area is 183 Å². The van der Waals surface area contributed by atoms with Crippen molar-refractivity contribution in [1.82, 2.24) is 20.2 Å². The third kappa shape index (κ3) is 3.50. The predicted octanol–water partition coefficient (Wildman–Crippen LogP) is 3.74. The van der Waals surface area contributed by atoms with Crippen LogP contribution in [0.25, 0.3) is 5.57 Å². The standard InChI is InChI=1S/C22H21ClFN5O2/c23-14-5-8-16-18(10-14)26-11-19-28(21(16)22(30)31)12-27-29(19)15-6-3-13(4-7-15)20-17(24)2-1-9-25-20/h1-3,9-12,15,21,26H,4-8H2,(H,30,31). The van der Waals surface area contributed by atoms with Crippen molar-refractivity contribution in [3.8, 4) is 0 Å². The van der Waals surface area contributed by atoms with Gasteiger partial charge in [0.1, 0.15) is 23.7 Å². The summed E-state index contributed by atoms with van der Waals surface area (Å²) in [6.45, 7) is 0. The Hall–Kier alpha value is -3.13. The van der Waals surface area contributed by atoms with E-state index in [4.69, 9.17) is 11.6 Å². The highest BCUT2D eigenvalue weighted by Crippen LogP contribution is 2.37. The van der Waals surface area contributed by atoms with Crippen LogP contribution in [-0.2, 0) is 4.79 Å². The number of carboxylic acids is 1. The van der Waals surface area contributed by atoms with E-state index in [0.717, 1.165) is 23.3 Å². The van der Waals surface area contributed by atoms with Gasteiger partial charge in [-0.1, -0.05) is 17.7 Å². The van der Waals surface area contributed by atoms with Gasteiger partial charge in [-0.05, 0) is 61.5 Å². The maximum atomic E-state index is 14.1. The third-order valence-electron chi connectivity index (χ3n) is 6.07. The average Bonchev–Trinajstić information content (AvgIpc) is 3.10. The molecule has 0 fully saturated rings. The minimum atomic E-state index is -0.932. The van der Waals surface area contributed by atoms with E-state index >= 15 is 0 Å². The van der Waals surface area contributed by atoms with Crippen LogP contribution in [0.4, 0.5) is 4.39 Å². The molecule has 0 radical (unpaired) electrons. The second-order valence-corrected chi connectivity index (χ2v) is 8.38. The number of pyridine rings is 1. The molecule has 0 spiro atoms. The van der Waals surface area contributed by atoms with Crippen LogP contribution in [0.15, 0.2) is 63.9 Å². The Morgan fingerprint density at radius 1 is 1.32 bits per heavy atom. The van der Waals surface area contributed by atoms with E-state index in [0.29, 0.717) is 42.2 Å². The van der Waals surface area contributed by atoms with E-state index in [-0.39, 0.29) is 11.9 Å². The number of aliphatic carboxylic acids is 1. The molecule has 0 amide bonds. The Morgan fingerprint density at radius 3 is 2.94 bits per heavy atom. The molecule has 0 aromatic carbocycles. The van der Waals surface area contributed by atoms with E-state index in [1.165, 1.54) is 6.07 Å². The molecule has 160 valence electrons. The van der Waals surface area contributed by atoms with Crippen LogP contribution in [-0.4, -0.2) is 44.4 Å². The number of halogens is 2. The Kier molecular flexibility index (Phi) is 5.02. The lowest BCUT2D eigenvalue weighted by molar-refractivity contribution is -0.140. The quantitative estimate of drug-likeness (QED) is 0.743. The minimum Gasteiger partial charge on any atom is -0.479 e. The summed E-state index contributed by atoms with van der Waals surface area (Å²) in [5.74, 6) is -0.573. The van der Waals surface area contributed by atoms with Crippen molar-refractivity contribution in [2.24, 2.45) is 5.10 Å². The van der Waals surface area contributed by atoms with Gasteiger partial charge in [0.15, 0.2) is 6.04 Å². The summed E-state index contributed by atoms with van der Waals surface area (Å²) in [5, 5.41) is 20.3. The van der Waals surface area contributed by atoms with Gasteiger partial charge in [-0.15, -0.1) is 0 Å². The molecule has 2 aliphatic heterocycles. The molecule has 0 saturated heterocycles. The smallest absolute Gasteiger partial charge is 0.331 e. The zero-order valence-electron chi connectivity index (χ0n) is 16.6. The molecular formula is C22H21ClFN5O2. The van der Waals surface area contributed by atoms with Gasteiger partial charge < -0.3 is 10.4 Å². The van der Waals surface area contributed by atoms with Crippen LogP contribution < -0.4 is 5.32 Å². The van der Waals surface area contributed by atoms with E-state index in [2.05, 4.69) is 15.4 Å². The van der Waals surface area contributed by atoms with Crippen molar-refractivity contribution in [3.05, 3.63) is 70.3 Å². The number of rotatable bonds is 3. The number of hydrazone groups is 1. The third-order valence-corrected chi connectivity index (χ3v) is 6.37. The summed E-state index contributed by atoms with van der Waals surface area (Å²) < 4.78 is 14.1. The fraction of sp³-hybridized carbons (Fsp3) is 0.318. The van der Waals surface area contributed by atoms with Crippen molar-refractivity contribution >= 4 is 29.5 Å². The van der Waals surface area contributed by atoms with Gasteiger partial charge in [-0.25, -0.2) is 14.2 Å². The van der Waals surface area contributed by atoms with E-state index in [1.807, 2.05) is 11.1 Å². The first-order valence-electron chi connectivity index (χ1n) is 10.2. The number of carboxylic acid groups (broad SMARTS) is 1. The van der Waals surface area contributed by atoms with Crippen LogP contribution in [0.1, 0.15) is 37.8 Å². The lowest BCUT2D eigenvalue weighted by Gasteiger charge is -2.33. The topological polar surface area (TPSA) is 81.1 Å². The van der Waals surface area contributed by atoms with Crippen molar-refractivity contribution in [1.29, 1.82) is 0 Å². The number of fused-ring (bicyclic) bond motifs is 1. The number of nitrogens with one attached hydrogen (secondary N) is 1. The molecule has 0 bridgehead atoms. The molecule has 2 N–H and O–H groups in total. The predicted molar refractivity (Wildman–Crippen MR) is 115 cm³/mol. The molecule has 5 rings (SSSR count). The van der Waals surface area contributed by atoms with Crippen LogP contribution in [0.3, 0.4) is 0 Å². The van der Waals surface area contributed by atoms with Crippen LogP contribution in [0.2, 0.25) is 0 Å². The first-order valence-corrected chi connectivity index (χ1v) is 10.6. The van der Waals surface area contributed by atoms with E-state index < -0.39 is 12.0 Å². The summed E-state index contributed by atoms with van der Waals surface area (Å²) in [7, 11) is 0. The summed E-state index contributed by atoms with van der Waals surface area (Å²) in [6, 6.07) is 2.19. The number of hydrogen-bond donors (Lipinski definition) is 2. The molecule has 9 heteroatoms. The van der Waals surface area contributed by atoms with Crippen LogP contribution in [0, 0.1) is 5.82 Å². The molecule has 2 atom stereocenters. The first kappa shape index (κ1) is 19.8. The van der Waals surface area contributed by atoms with Gasteiger partial charge in [0, 0.05) is 23.1 Å². The van der Waals surface area contributed by atoms with Gasteiger partial charge in [0.25, 0.3) is 0 Å². The van der Waals surface area contributed by atoms with Crippen molar-refractivity contribution in [3.63, 3.8) is 0 Å². The summed E-state index contributed by atoms with van der Waals surface area (Å²) in [4.78, 5) is 18.1. The molecule has 7 nitrogen and oxygen atoms in total. The normalized spacial score (nSPS) is 25.2. The number of allylic oxidation sites excluding steroid dienone is 3. The monoisotopic (exact) mass is 441 g/mol. The van der Waals surface area contributed by atoms with E-state index in [1.54, 1.807) is 35.8 Å². The Morgan fingerprint density at radius 2 is 2.19 bits per heavy atom. The zero-order chi connectivity index (χ0) is 21.5. The molecule has 2 aliphatic carbocycles. The lowest BCUT2D eigenvalue weighted by atomic mass is 9.92. The first-order chi connectivity index (χ1) is 15.0. The minimum absolute atomic E-state index is 0.0357. The number of nitrogens with zero attached hydrogens (tertiary/aromatic N) is 4. The fourth-order valence-electron chi connectivity index (χ4n) is 4.56. The molecule has 2 unspecified atom stereocenters. The largest absolute Gasteiger partial charge is 0.479 e. The highest BCUT2D eigenvalue weighted by Gasteiger charge is 2.40. The maximum absolute atomic E-state index is 14.1. The van der Waals surface area contributed by atoms with Crippen molar-refractivity contribution in [2.75, 3.05) is 0 Å². The fourth-order valence-corrected chi connectivity index (χ4v) is 4.76. The Balaban J connectivity index is 1.40. The Bertz CT molecular complexity index is 1090. The summed E-state index contributed by atoms with van der Waals surface area (Å²) >= 11 is 6.19. The van der Waals surface area contributed by atoms with Crippen LogP contribution >= 0.6 is 11.6 Å². The van der Waals surface area contributed by atoms with Gasteiger partial charge in [0.05, 0.1) is 6.04 Å². The zero-order valence-corrected chi connectivity index (χ0v) is 17.4. The molecule has 3 heterocycles. The summed E-state index contributed by atoms with van der Waals surface area (Å²) in [6.07, 6.45) is 12.0.